The molecular weight excluding hydrogens is 474 g/mol. The molecule has 8 nitrogen and oxygen atoms in total. The maximum Gasteiger partial charge on any atom is 0.279 e. The molecule has 1 N–H and O–H groups in total. The maximum absolute atomic E-state index is 13.5. The molecule has 0 spiro atoms. The van der Waals surface area contributed by atoms with E-state index in [1.54, 1.807) is 80.8 Å². The van der Waals surface area contributed by atoms with Crippen molar-refractivity contribution in [2.24, 2.45) is 5.10 Å². The molecule has 3 aromatic rings. The van der Waals surface area contributed by atoms with Crippen LogP contribution in [0, 0.1) is 0 Å². The summed E-state index contributed by atoms with van der Waals surface area (Å²) in [4.78, 5) is 0.155. The van der Waals surface area contributed by atoms with Gasteiger partial charge in [-0.05, 0) is 54.4 Å². The first-order valence-corrected chi connectivity index (χ1v) is 13.7. The van der Waals surface area contributed by atoms with E-state index < -0.39 is 26.1 Å². The van der Waals surface area contributed by atoms with Crippen LogP contribution in [0.4, 0.5) is 5.69 Å². The summed E-state index contributed by atoms with van der Waals surface area (Å²) >= 11 is 0. The van der Waals surface area contributed by atoms with Crippen molar-refractivity contribution in [3.05, 3.63) is 90.0 Å². The minimum Gasteiger partial charge on any atom is -0.497 e. The molecule has 0 bridgehead atoms. The van der Waals surface area contributed by atoms with Gasteiger partial charge >= 0.3 is 0 Å². The number of rotatable bonds is 8. The number of hydrogen-bond acceptors (Lipinski definition) is 6. The van der Waals surface area contributed by atoms with Crippen molar-refractivity contribution in [2.75, 3.05) is 17.6 Å². The zero-order valence-electron chi connectivity index (χ0n) is 18.7. The quantitative estimate of drug-likeness (QED) is 0.504. The van der Waals surface area contributed by atoms with Gasteiger partial charge in [-0.1, -0.05) is 42.5 Å². The van der Waals surface area contributed by atoms with Gasteiger partial charge in [0, 0.05) is 12.1 Å². The average Bonchev–Trinajstić information content (AvgIpc) is 3.31. The summed E-state index contributed by atoms with van der Waals surface area (Å²) in [6.07, 6.45) is 0.360. The highest BCUT2D eigenvalue weighted by Gasteiger charge is 2.37. The van der Waals surface area contributed by atoms with E-state index in [9.17, 15) is 16.8 Å². The second kappa shape index (κ2) is 9.47. The molecule has 0 aromatic heterocycles. The van der Waals surface area contributed by atoms with E-state index in [2.05, 4.69) is 9.82 Å². The fourth-order valence-electron chi connectivity index (χ4n) is 3.64. The summed E-state index contributed by atoms with van der Waals surface area (Å²) in [7, 11) is -5.73. The van der Waals surface area contributed by atoms with E-state index >= 15 is 0 Å². The SMILES string of the molecule is CCS(=O)(=O)Nc1ccc(C2=NN(S(=O)(=O)c3ccccc3)C(c3ccc(OC)cc3)C2)cc1. The highest BCUT2D eigenvalue weighted by molar-refractivity contribution is 7.92. The molecule has 3 aromatic carbocycles. The molecule has 1 aliphatic rings. The molecule has 178 valence electrons. The van der Waals surface area contributed by atoms with Gasteiger partial charge in [0.05, 0.1) is 29.5 Å². The summed E-state index contributed by atoms with van der Waals surface area (Å²) in [5, 5.41) is 4.52. The number of hydrazone groups is 1. The Morgan fingerprint density at radius 3 is 2.18 bits per heavy atom. The van der Waals surface area contributed by atoms with Crippen molar-refractivity contribution in [1.29, 1.82) is 0 Å². The number of anilines is 1. The van der Waals surface area contributed by atoms with Gasteiger partial charge in [0.25, 0.3) is 10.0 Å². The minimum atomic E-state index is -3.91. The molecule has 0 radical (unpaired) electrons. The number of nitrogens with zero attached hydrogens (tertiary/aromatic N) is 2. The van der Waals surface area contributed by atoms with Gasteiger partial charge in [-0.15, -0.1) is 0 Å². The Hall–Kier alpha value is -3.37. The van der Waals surface area contributed by atoms with E-state index in [-0.39, 0.29) is 10.6 Å². The first-order chi connectivity index (χ1) is 16.2. The Balaban J connectivity index is 1.70. The number of nitrogens with one attached hydrogen (secondary N) is 1. The predicted molar refractivity (Wildman–Crippen MR) is 132 cm³/mol. The van der Waals surface area contributed by atoms with Gasteiger partial charge in [0.15, 0.2) is 0 Å². The number of benzene rings is 3. The summed E-state index contributed by atoms with van der Waals surface area (Å²) in [6.45, 7) is 1.56. The molecule has 0 amide bonds. The molecule has 0 aliphatic carbocycles. The Kier molecular flexibility index (Phi) is 6.63. The van der Waals surface area contributed by atoms with Crippen LogP contribution in [0.2, 0.25) is 0 Å². The fourth-order valence-corrected chi connectivity index (χ4v) is 5.74. The van der Waals surface area contributed by atoms with Gasteiger partial charge in [-0.2, -0.15) is 17.9 Å². The van der Waals surface area contributed by atoms with Gasteiger partial charge in [-0.25, -0.2) is 8.42 Å². The van der Waals surface area contributed by atoms with Gasteiger partial charge < -0.3 is 4.74 Å². The number of sulfonamides is 2. The molecule has 34 heavy (non-hydrogen) atoms. The normalized spacial score (nSPS) is 16.2. The van der Waals surface area contributed by atoms with Crippen LogP contribution >= 0.6 is 0 Å². The fraction of sp³-hybridized carbons (Fsp3) is 0.208. The van der Waals surface area contributed by atoms with Crippen LogP contribution in [0.15, 0.2) is 88.9 Å². The van der Waals surface area contributed by atoms with E-state index in [0.717, 1.165) is 9.98 Å². The second-order valence-corrected chi connectivity index (χ2v) is 11.5. The lowest BCUT2D eigenvalue weighted by molar-refractivity contribution is 0.370. The largest absolute Gasteiger partial charge is 0.497 e. The van der Waals surface area contributed by atoms with Crippen LogP contribution in [0.5, 0.6) is 5.75 Å². The maximum atomic E-state index is 13.5. The molecule has 10 heteroatoms. The third kappa shape index (κ3) is 4.92. The minimum absolute atomic E-state index is 0.0304. The summed E-state index contributed by atoms with van der Waals surface area (Å²) < 4.78 is 59.5. The van der Waals surface area contributed by atoms with Crippen molar-refractivity contribution < 1.29 is 21.6 Å². The van der Waals surface area contributed by atoms with Crippen molar-refractivity contribution in [3.63, 3.8) is 0 Å². The Labute approximate surface area is 200 Å². The van der Waals surface area contributed by atoms with Gasteiger partial charge in [0.2, 0.25) is 10.0 Å². The number of ether oxygens (including phenoxy) is 1. The van der Waals surface area contributed by atoms with Gasteiger partial charge in [-0.3, -0.25) is 4.72 Å². The Morgan fingerprint density at radius 1 is 0.941 bits per heavy atom. The lowest BCUT2D eigenvalue weighted by Gasteiger charge is -2.23. The summed E-state index contributed by atoms with van der Waals surface area (Å²) in [5.41, 5.74) is 2.52. The zero-order valence-corrected chi connectivity index (χ0v) is 20.4. The van der Waals surface area contributed by atoms with Gasteiger partial charge in [0.1, 0.15) is 5.75 Å². The van der Waals surface area contributed by atoms with Crippen LogP contribution in [-0.4, -0.2) is 39.8 Å². The molecule has 1 unspecified atom stereocenters. The molecule has 1 heterocycles. The lowest BCUT2D eigenvalue weighted by atomic mass is 9.99. The number of methoxy groups -OCH3 is 1. The topological polar surface area (TPSA) is 105 Å². The zero-order chi connectivity index (χ0) is 24.3. The lowest BCUT2D eigenvalue weighted by Crippen LogP contribution is -2.27. The van der Waals surface area contributed by atoms with Crippen molar-refractivity contribution in [2.45, 2.75) is 24.3 Å². The van der Waals surface area contributed by atoms with E-state index in [1.807, 2.05) is 12.1 Å². The van der Waals surface area contributed by atoms with Crippen molar-refractivity contribution in [3.8, 4) is 5.75 Å². The highest BCUT2D eigenvalue weighted by atomic mass is 32.2. The van der Waals surface area contributed by atoms with E-state index in [4.69, 9.17) is 4.74 Å². The molecule has 1 atom stereocenters. The third-order valence-corrected chi connectivity index (χ3v) is 8.54. The van der Waals surface area contributed by atoms with Crippen LogP contribution in [0.1, 0.15) is 30.5 Å². The molecule has 0 saturated carbocycles. The third-order valence-electron chi connectivity index (χ3n) is 5.53. The van der Waals surface area contributed by atoms with Crippen LogP contribution < -0.4 is 9.46 Å². The van der Waals surface area contributed by atoms with Crippen LogP contribution in [-0.2, 0) is 20.0 Å². The summed E-state index contributed by atoms with van der Waals surface area (Å²) in [5.74, 6) is 0.641. The standard InChI is InChI=1S/C24H25N3O5S2/c1-3-33(28,29)26-20-13-9-18(10-14-20)23-17-24(19-11-15-21(32-2)16-12-19)27(25-23)34(30,31)22-7-5-4-6-8-22/h4-16,24,26H,3,17H2,1-2H3. The first kappa shape index (κ1) is 23.8. The Morgan fingerprint density at radius 2 is 1.59 bits per heavy atom. The molecule has 4 rings (SSSR count). The van der Waals surface area contributed by atoms with E-state index in [1.165, 1.54) is 0 Å². The van der Waals surface area contributed by atoms with E-state index in [0.29, 0.717) is 29.1 Å². The highest BCUT2D eigenvalue weighted by Crippen LogP contribution is 2.37. The molecule has 1 aliphatic heterocycles. The molecule has 0 fully saturated rings. The molecule has 0 saturated heterocycles. The summed E-state index contributed by atoms with van der Waals surface area (Å²) in [6, 6.07) is 21.6. The smallest absolute Gasteiger partial charge is 0.279 e. The number of hydrogen-bond donors (Lipinski definition) is 1. The predicted octanol–water partition coefficient (Wildman–Crippen LogP) is 4.00. The Bertz CT molecular complexity index is 1390. The molecular formula is C24H25N3O5S2. The second-order valence-electron chi connectivity index (χ2n) is 7.71. The van der Waals surface area contributed by atoms with Crippen molar-refractivity contribution in [1.82, 2.24) is 4.41 Å². The van der Waals surface area contributed by atoms with Crippen LogP contribution in [0.25, 0.3) is 0 Å². The average molecular weight is 500 g/mol. The van der Waals surface area contributed by atoms with Crippen LogP contribution in [0.3, 0.4) is 0 Å². The van der Waals surface area contributed by atoms with Crippen molar-refractivity contribution >= 4 is 31.4 Å². The monoisotopic (exact) mass is 499 g/mol. The first-order valence-electron chi connectivity index (χ1n) is 10.7.